The van der Waals surface area contributed by atoms with Crippen LogP contribution in [0.15, 0.2) is 122 Å². The predicted molar refractivity (Wildman–Crippen MR) is 190 cm³/mol. The van der Waals surface area contributed by atoms with E-state index in [1.807, 2.05) is 102 Å². The number of carbonyl (C=O) groups is 3. The standard InChI is InChI=1S/C35H25ClN2O5S4/c36-26-29(40)31-23(16-17-44-31)46-35(26)47-24-19-45-33-27(37-25(39)18-20-10-4-1-5-11-20)32(41)38(33)28(24)34(42)43-30(21-12-6-2-7-13-21)22-14-8-3-9-15-22/h1-17,27,30,33H,18-19H2,(H,37,39)/t27?,33-/m1/s1. The molecule has 1 unspecified atom stereocenters. The fourth-order valence-electron chi connectivity index (χ4n) is 5.47. The van der Waals surface area contributed by atoms with Gasteiger partial charge in [0.05, 0.1) is 20.0 Å². The van der Waals surface area contributed by atoms with E-state index in [2.05, 4.69) is 5.32 Å². The summed E-state index contributed by atoms with van der Waals surface area (Å²) in [6, 6.07) is 29.2. The van der Waals surface area contributed by atoms with Crippen molar-refractivity contribution in [2.24, 2.45) is 0 Å². The van der Waals surface area contributed by atoms with Gasteiger partial charge in [-0.25, -0.2) is 4.79 Å². The maximum Gasteiger partial charge on any atom is 0.356 e. The minimum atomic E-state index is -0.800. The van der Waals surface area contributed by atoms with E-state index in [-0.39, 0.29) is 28.5 Å². The minimum absolute atomic E-state index is 0.0785. The van der Waals surface area contributed by atoms with Crippen molar-refractivity contribution in [2.75, 3.05) is 5.75 Å². The minimum Gasteiger partial charge on any atom is -0.448 e. The van der Waals surface area contributed by atoms with Crippen LogP contribution < -0.4 is 10.7 Å². The van der Waals surface area contributed by atoms with Crippen molar-refractivity contribution in [1.82, 2.24) is 10.2 Å². The zero-order valence-corrected chi connectivity index (χ0v) is 28.5. The van der Waals surface area contributed by atoms with Crippen LogP contribution in [0.1, 0.15) is 22.8 Å². The van der Waals surface area contributed by atoms with Crippen molar-refractivity contribution in [3.05, 3.63) is 145 Å². The summed E-state index contributed by atoms with van der Waals surface area (Å²) in [6.45, 7) is 0. The Morgan fingerprint density at radius 1 is 0.936 bits per heavy atom. The van der Waals surface area contributed by atoms with E-state index in [9.17, 15) is 19.2 Å². The Morgan fingerprint density at radius 2 is 1.57 bits per heavy atom. The lowest BCUT2D eigenvalue weighted by Gasteiger charge is -2.49. The molecule has 236 valence electrons. The molecule has 1 fully saturated rings. The van der Waals surface area contributed by atoms with E-state index in [1.54, 1.807) is 0 Å². The van der Waals surface area contributed by atoms with E-state index in [4.69, 9.17) is 16.3 Å². The van der Waals surface area contributed by atoms with Crippen molar-refractivity contribution >= 4 is 85.0 Å². The van der Waals surface area contributed by atoms with Crippen LogP contribution in [0, 0.1) is 0 Å². The number of fused-ring (bicyclic) bond motifs is 2. The normalized spacial score (nSPS) is 17.4. The molecule has 2 atom stereocenters. The topological polar surface area (TPSA) is 92.8 Å². The molecular formula is C35H25ClN2O5S4. The molecule has 2 amide bonds. The number of rotatable bonds is 9. The number of carbonyl (C=O) groups excluding carboxylic acids is 3. The summed E-state index contributed by atoms with van der Waals surface area (Å²) in [5, 5.41) is 4.29. The molecule has 1 N–H and O–H groups in total. The number of halogens is 1. The van der Waals surface area contributed by atoms with E-state index >= 15 is 0 Å². The summed E-state index contributed by atoms with van der Waals surface area (Å²) < 4.78 is 8.16. The largest absolute Gasteiger partial charge is 0.448 e. The molecule has 2 aliphatic heterocycles. The highest BCUT2D eigenvalue weighted by Gasteiger charge is 2.55. The third-order valence-corrected chi connectivity index (χ3v) is 13.2. The molecule has 1 saturated heterocycles. The third-order valence-electron chi connectivity index (χ3n) is 7.71. The summed E-state index contributed by atoms with van der Waals surface area (Å²) in [5.74, 6) is -1.03. The number of nitrogens with zero attached hydrogens (tertiary/aromatic N) is 1. The molecule has 4 heterocycles. The number of hydrogen-bond acceptors (Lipinski definition) is 9. The number of hydrogen-bond donors (Lipinski definition) is 1. The zero-order valence-electron chi connectivity index (χ0n) is 24.5. The lowest BCUT2D eigenvalue weighted by Crippen LogP contribution is -2.70. The molecule has 2 aliphatic rings. The molecule has 3 aromatic carbocycles. The molecule has 0 aliphatic carbocycles. The van der Waals surface area contributed by atoms with Crippen molar-refractivity contribution in [1.29, 1.82) is 0 Å². The fourth-order valence-corrected chi connectivity index (χ4v) is 10.7. The van der Waals surface area contributed by atoms with Crippen molar-refractivity contribution < 1.29 is 19.1 Å². The molecule has 5 aromatic rings. The molecule has 0 spiro atoms. The van der Waals surface area contributed by atoms with Gasteiger partial charge >= 0.3 is 5.97 Å². The first kappa shape index (κ1) is 31.7. The van der Waals surface area contributed by atoms with E-state index in [0.29, 0.717) is 19.6 Å². The second kappa shape index (κ2) is 13.7. The maximum absolute atomic E-state index is 14.3. The van der Waals surface area contributed by atoms with Crippen LogP contribution >= 0.6 is 57.8 Å². The van der Waals surface area contributed by atoms with Crippen molar-refractivity contribution in [3.8, 4) is 0 Å². The number of benzene rings is 3. The highest BCUT2D eigenvalue weighted by Crippen LogP contribution is 2.48. The summed E-state index contributed by atoms with van der Waals surface area (Å²) in [5.41, 5.74) is 2.20. The van der Waals surface area contributed by atoms with Gasteiger partial charge in [0.25, 0.3) is 5.91 Å². The number of ether oxygens (including phenoxy) is 1. The summed E-state index contributed by atoms with van der Waals surface area (Å²) in [6.07, 6.45) is -0.608. The highest BCUT2D eigenvalue weighted by atomic mass is 35.5. The van der Waals surface area contributed by atoms with Gasteiger partial charge in [0.15, 0.2) is 6.10 Å². The van der Waals surface area contributed by atoms with E-state index < -0.39 is 29.4 Å². The molecule has 7 nitrogen and oxygen atoms in total. The van der Waals surface area contributed by atoms with Crippen LogP contribution in [-0.4, -0.2) is 39.9 Å². The van der Waals surface area contributed by atoms with Crippen LogP contribution in [0.5, 0.6) is 0 Å². The number of amides is 2. The monoisotopic (exact) mass is 716 g/mol. The summed E-state index contributed by atoms with van der Waals surface area (Å²) >= 11 is 11.9. The summed E-state index contributed by atoms with van der Waals surface area (Å²) in [7, 11) is 0. The number of nitrogens with one attached hydrogen (secondary N) is 1. The molecule has 0 saturated carbocycles. The van der Waals surface area contributed by atoms with Gasteiger partial charge in [0.2, 0.25) is 11.3 Å². The number of esters is 1. The first-order chi connectivity index (χ1) is 22.9. The van der Waals surface area contributed by atoms with Crippen LogP contribution in [0.25, 0.3) is 9.40 Å². The van der Waals surface area contributed by atoms with Gasteiger partial charge in [-0.3, -0.25) is 19.3 Å². The van der Waals surface area contributed by atoms with Gasteiger partial charge in [-0.15, -0.1) is 34.4 Å². The van der Waals surface area contributed by atoms with Crippen LogP contribution in [0.4, 0.5) is 0 Å². The molecule has 2 aromatic heterocycles. The van der Waals surface area contributed by atoms with Gasteiger partial charge in [0.1, 0.15) is 22.1 Å². The quantitative estimate of drug-likeness (QED) is 0.127. The lowest BCUT2D eigenvalue weighted by molar-refractivity contribution is -0.154. The Labute approximate surface area is 291 Å². The molecule has 0 radical (unpaired) electrons. The Hall–Kier alpha value is -3.87. The van der Waals surface area contributed by atoms with Gasteiger partial charge < -0.3 is 10.1 Å². The smallest absolute Gasteiger partial charge is 0.356 e. The second-order valence-corrected chi connectivity index (χ2v) is 15.6. The van der Waals surface area contributed by atoms with Gasteiger partial charge in [-0.05, 0) is 28.1 Å². The average Bonchev–Trinajstić information content (AvgIpc) is 3.58. The zero-order chi connectivity index (χ0) is 32.5. The Morgan fingerprint density at radius 3 is 2.23 bits per heavy atom. The van der Waals surface area contributed by atoms with Gasteiger partial charge in [-0.2, -0.15) is 0 Å². The Kier molecular flexibility index (Phi) is 9.24. The second-order valence-electron chi connectivity index (χ2n) is 10.7. The number of thiophene rings is 1. The summed E-state index contributed by atoms with van der Waals surface area (Å²) in [4.78, 5) is 56.0. The maximum atomic E-state index is 14.3. The van der Waals surface area contributed by atoms with Crippen LogP contribution in [0.3, 0.4) is 0 Å². The SMILES string of the molecule is O=C(Cc1ccccc1)NC1C(=O)N2C(C(=O)OC(c3ccccc3)c3ccccc3)=C(Sc3sc4ccsc4c(=O)c3Cl)CS[C@H]12. The first-order valence-electron chi connectivity index (χ1n) is 14.6. The van der Waals surface area contributed by atoms with Gasteiger partial charge in [-0.1, -0.05) is 114 Å². The van der Waals surface area contributed by atoms with Crippen molar-refractivity contribution in [2.45, 2.75) is 28.1 Å². The number of thioether (sulfide) groups is 2. The first-order valence-corrected chi connectivity index (χ1v) is 18.5. The Bertz CT molecular complexity index is 2030. The third kappa shape index (κ3) is 6.38. The average molecular weight is 717 g/mol. The number of β-lactam (4-membered cyclic amide) rings is 1. The lowest BCUT2D eigenvalue weighted by atomic mass is 10.0. The van der Waals surface area contributed by atoms with Gasteiger partial charge in [0, 0.05) is 10.7 Å². The van der Waals surface area contributed by atoms with E-state index in [1.165, 1.54) is 51.1 Å². The van der Waals surface area contributed by atoms with E-state index in [0.717, 1.165) is 21.4 Å². The predicted octanol–water partition coefficient (Wildman–Crippen LogP) is 7.26. The highest BCUT2D eigenvalue weighted by molar-refractivity contribution is 8.07. The molecule has 12 heteroatoms. The van der Waals surface area contributed by atoms with Crippen LogP contribution in [-0.2, 0) is 25.5 Å². The Balaban J connectivity index is 1.23. The molecule has 47 heavy (non-hydrogen) atoms. The molecule has 0 bridgehead atoms. The van der Waals surface area contributed by atoms with Crippen LogP contribution in [0.2, 0.25) is 5.02 Å². The van der Waals surface area contributed by atoms with Crippen molar-refractivity contribution in [3.63, 3.8) is 0 Å². The molecule has 7 rings (SSSR count). The fraction of sp³-hybridized carbons (Fsp3) is 0.143. The molecular weight excluding hydrogens is 692 g/mol.